The molecular weight excluding hydrogens is 342 g/mol. The molecule has 1 heterocycles. The fourth-order valence-corrected chi connectivity index (χ4v) is 3.12. The van der Waals surface area contributed by atoms with Crippen LogP contribution in [0.1, 0.15) is 4.88 Å². The average Bonchev–Trinajstić information content (AvgIpc) is 2.82. The number of amides is 1. The second-order valence-electron chi connectivity index (χ2n) is 4.21. The van der Waals surface area contributed by atoms with Crippen LogP contribution in [0.4, 0.5) is 0 Å². The van der Waals surface area contributed by atoms with E-state index in [9.17, 15) is 9.90 Å². The summed E-state index contributed by atoms with van der Waals surface area (Å²) in [6, 6.07) is 10.5. The van der Waals surface area contributed by atoms with E-state index >= 15 is 0 Å². The van der Waals surface area contributed by atoms with Crippen LogP contribution in [-0.4, -0.2) is 29.6 Å². The summed E-state index contributed by atoms with van der Waals surface area (Å²) in [6.07, 6.45) is 0. The van der Waals surface area contributed by atoms with Crippen molar-refractivity contribution in [2.75, 3.05) is 13.7 Å². The minimum absolute atomic E-state index is 0.0325. The average molecular weight is 356 g/mol. The highest BCUT2D eigenvalue weighted by molar-refractivity contribution is 9.11. The summed E-state index contributed by atoms with van der Waals surface area (Å²) >= 11 is 4.98. The Morgan fingerprint density at radius 3 is 2.75 bits per heavy atom. The lowest BCUT2D eigenvalue weighted by molar-refractivity contribution is -0.132. The lowest BCUT2D eigenvalue weighted by Crippen LogP contribution is -2.30. The third-order valence-corrected chi connectivity index (χ3v) is 4.27. The number of likely N-dealkylation sites (N-methyl/N-ethyl adjacent to an activating group) is 1. The van der Waals surface area contributed by atoms with Gasteiger partial charge in [0.25, 0.3) is 5.91 Å². The molecule has 0 aliphatic carbocycles. The smallest absolute Gasteiger partial charge is 0.260 e. The Morgan fingerprint density at radius 1 is 1.35 bits per heavy atom. The Bertz CT molecular complexity index is 600. The number of aromatic hydroxyl groups is 1. The van der Waals surface area contributed by atoms with Crippen LogP contribution in [0.2, 0.25) is 0 Å². The number of phenols is 1. The Morgan fingerprint density at radius 2 is 2.10 bits per heavy atom. The number of benzene rings is 1. The van der Waals surface area contributed by atoms with E-state index in [0.717, 1.165) is 8.66 Å². The van der Waals surface area contributed by atoms with Crippen LogP contribution in [0, 0.1) is 0 Å². The Kier molecular flexibility index (Phi) is 5.03. The third-order valence-electron chi connectivity index (χ3n) is 2.66. The first kappa shape index (κ1) is 14.9. The van der Waals surface area contributed by atoms with E-state index in [1.54, 1.807) is 41.5 Å². The number of carbonyl (C=O) groups is 1. The molecular formula is C14H14BrNO3S. The van der Waals surface area contributed by atoms with E-state index in [0.29, 0.717) is 12.3 Å². The van der Waals surface area contributed by atoms with Gasteiger partial charge in [0.15, 0.2) is 18.1 Å². The van der Waals surface area contributed by atoms with Crippen LogP contribution in [0.3, 0.4) is 0 Å². The molecule has 6 heteroatoms. The van der Waals surface area contributed by atoms with Crippen LogP contribution in [-0.2, 0) is 11.3 Å². The Hall–Kier alpha value is -1.53. The molecule has 1 aromatic carbocycles. The molecule has 0 unspecified atom stereocenters. The van der Waals surface area contributed by atoms with Crippen LogP contribution in [0.5, 0.6) is 11.5 Å². The van der Waals surface area contributed by atoms with Crippen molar-refractivity contribution in [3.63, 3.8) is 0 Å². The summed E-state index contributed by atoms with van der Waals surface area (Å²) in [5.74, 6) is 0.205. The number of phenolic OH excluding ortho intramolecular Hbond substituents is 1. The summed E-state index contributed by atoms with van der Waals surface area (Å²) in [7, 11) is 1.73. The van der Waals surface area contributed by atoms with Gasteiger partial charge in [-0.25, -0.2) is 0 Å². The van der Waals surface area contributed by atoms with Gasteiger partial charge in [0.05, 0.1) is 10.3 Å². The maximum absolute atomic E-state index is 12.0. The molecule has 1 aromatic heterocycles. The van der Waals surface area contributed by atoms with E-state index in [4.69, 9.17) is 4.74 Å². The quantitative estimate of drug-likeness (QED) is 0.895. The van der Waals surface area contributed by atoms with Crippen LogP contribution in [0.15, 0.2) is 40.2 Å². The molecule has 0 aliphatic heterocycles. The fraction of sp³-hybridized carbons (Fsp3) is 0.214. The fourth-order valence-electron chi connectivity index (χ4n) is 1.59. The van der Waals surface area contributed by atoms with E-state index in [1.807, 2.05) is 12.1 Å². The van der Waals surface area contributed by atoms with Crippen molar-refractivity contribution in [3.8, 4) is 11.5 Å². The number of halogens is 1. The minimum atomic E-state index is -0.141. The molecule has 0 spiro atoms. The van der Waals surface area contributed by atoms with Crippen LogP contribution >= 0.6 is 27.3 Å². The standard InChI is InChI=1S/C14H14BrNO3S/c1-16(8-10-6-7-13(15)20-10)14(18)9-19-12-5-3-2-4-11(12)17/h2-7,17H,8-9H2,1H3. The molecule has 0 saturated carbocycles. The van der Waals surface area contributed by atoms with Crippen molar-refractivity contribution >= 4 is 33.2 Å². The van der Waals surface area contributed by atoms with Crippen molar-refractivity contribution in [1.82, 2.24) is 4.90 Å². The second kappa shape index (κ2) is 6.76. The van der Waals surface area contributed by atoms with E-state index in [2.05, 4.69) is 15.9 Å². The number of carbonyl (C=O) groups excluding carboxylic acids is 1. The summed E-state index contributed by atoms with van der Waals surface area (Å²) in [6.45, 7) is 0.444. The zero-order valence-electron chi connectivity index (χ0n) is 10.9. The van der Waals surface area contributed by atoms with Gasteiger partial charge in [-0.3, -0.25) is 4.79 Å². The first-order valence-corrected chi connectivity index (χ1v) is 7.56. The van der Waals surface area contributed by atoms with Gasteiger partial charge in [-0.15, -0.1) is 11.3 Å². The van der Waals surface area contributed by atoms with Gasteiger partial charge in [0, 0.05) is 11.9 Å². The number of hydrogen-bond acceptors (Lipinski definition) is 4. The number of hydrogen-bond donors (Lipinski definition) is 1. The highest BCUT2D eigenvalue weighted by Crippen LogP contribution is 2.25. The largest absolute Gasteiger partial charge is 0.504 e. The van der Waals surface area contributed by atoms with Crippen LogP contribution in [0.25, 0.3) is 0 Å². The minimum Gasteiger partial charge on any atom is -0.504 e. The van der Waals surface area contributed by atoms with Gasteiger partial charge in [-0.1, -0.05) is 12.1 Å². The van der Waals surface area contributed by atoms with Gasteiger partial charge in [0.1, 0.15) is 0 Å². The van der Waals surface area contributed by atoms with Gasteiger partial charge in [-0.05, 0) is 40.2 Å². The van der Waals surface area contributed by atoms with Crippen molar-refractivity contribution < 1.29 is 14.6 Å². The summed E-state index contributed by atoms with van der Waals surface area (Å²) < 4.78 is 6.36. The predicted molar refractivity (Wildman–Crippen MR) is 82.1 cm³/mol. The monoisotopic (exact) mass is 355 g/mol. The highest BCUT2D eigenvalue weighted by atomic mass is 79.9. The molecule has 0 aliphatic rings. The van der Waals surface area contributed by atoms with Crippen molar-refractivity contribution in [2.24, 2.45) is 0 Å². The molecule has 1 amide bonds. The van der Waals surface area contributed by atoms with Gasteiger partial charge < -0.3 is 14.7 Å². The van der Waals surface area contributed by atoms with E-state index < -0.39 is 0 Å². The summed E-state index contributed by atoms with van der Waals surface area (Å²) in [5.41, 5.74) is 0. The normalized spacial score (nSPS) is 10.3. The van der Waals surface area contributed by atoms with Gasteiger partial charge >= 0.3 is 0 Å². The second-order valence-corrected chi connectivity index (χ2v) is 6.76. The van der Waals surface area contributed by atoms with Gasteiger partial charge in [-0.2, -0.15) is 0 Å². The SMILES string of the molecule is CN(Cc1ccc(Br)s1)C(=O)COc1ccccc1O. The van der Waals surface area contributed by atoms with E-state index in [-0.39, 0.29) is 18.3 Å². The molecule has 20 heavy (non-hydrogen) atoms. The zero-order valence-corrected chi connectivity index (χ0v) is 13.3. The van der Waals surface area contributed by atoms with Crippen molar-refractivity contribution in [2.45, 2.75) is 6.54 Å². The number of thiophene rings is 1. The number of para-hydroxylation sites is 2. The summed E-state index contributed by atoms with van der Waals surface area (Å²) in [4.78, 5) is 14.6. The van der Waals surface area contributed by atoms with Gasteiger partial charge in [0.2, 0.25) is 0 Å². The highest BCUT2D eigenvalue weighted by Gasteiger charge is 2.12. The molecule has 0 fully saturated rings. The molecule has 2 rings (SSSR count). The molecule has 4 nitrogen and oxygen atoms in total. The Labute approximate surface area is 129 Å². The maximum Gasteiger partial charge on any atom is 0.260 e. The van der Waals surface area contributed by atoms with Crippen LogP contribution < -0.4 is 4.74 Å². The summed E-state index contributed by atoms with van der Waals surface area (Å²) in [5, 5.41) is 9.55. The topological polar surface area (TPSA) is 49.8 Å². The molecule has 0 bridgehead atoms. The molecule has 0 atom stereocenters. The van der Waals surface area contributed by atoms with Crippen molar-refractivity contribution in [1.29, 1.82) is 0 Å². The lowest BCUT2D eigenvalue weighted by atomic mass is 10.3. The van der Waals surface area contributed by atoms with E-state index in [1.165, 1.54) is 6.07 Å². The number of rotatable bonds is 5. The molecule has 0 saturated heterocycles. The Balaban J connectivity index is 1.87. The molecule has 0 radical (unpaired) electrons. The lowest BCUT2D eigenvalue weighted by Gasteiger charge is -2.16. The first-order valence-electron chi connectivity index (χ1n) is 5.95. The third kappa shape index (κ3) is 3.98. The number of ether oxygens (including phenoxy) is 1. The molecule has 106 valence electrons. The van der Waals surface area contributed by atoms with Crippen molar-refractivity contribution in [3.05, 3.63) is 45.1 Å². The first-order chi connectivity index (χ1) is 9.56. The molecule has 1 N–H and O–H groups in total. The zero-order chi connectivity index (χ0) is 14.5. The maximum atomic E-state index is 12.0. The predicted octanol–water partition coefficient (Wildman–Crippen LogP) is 3.25. The number of nitrogens with zero attached hydrogens (tertiary/aromatic N) is 1. The molecule has 2 aromatic rings.